The minimum atomic E-state index is -3.76. The highest BCUT2D eigenvalue weighted by Gasteiger charge is 2.22. The first-order valence-corrected chi connectivity index (χ1v) is 8.65. The van der Waals surface area contributed by atoms with Gasteiger partial charge in [-0.15, -0.1) is 0 Å². The van der Waals surface area contributed by atoms with E-state index in [0.717, 1.165) is 18.9 Å². The number of carbonyl (C=O) groups is 1. The van der Waals surface area contributed by atoms with Crippen LogP contribution in [-0.4, -0.2) is 45.3 Å². The summed E-state index contributed by atoms with van der Waals surface area (Å²) in [6.45, 7) is 3.22. The Labute approximate surface area is 129 Å². The van der Waals surface area contributed by atoms with Crippen LogP contribution in [0.4, 0.5) is 5.69 Å². The van der Waals surface area contributed by atoms with E-state index in [1.54, 1.807) is 0 Å². The lowest BCUT2D eigenvalue weighted by molar-refractivity contribution is 0.0697. The van der Waals surface area contributed by atoms with Crippen LogP contribution in [0.2, 0.25) is 0 Å². The Morgan fingerprint density at radius 1 is 1.45 bits per heavy atom. The third kappa shape index (κ3) is 3.96. The highest BCUT2D eigenvalue weighted by molar-refractivity contribution is 7.89. The maximum atomic E-state index is 12.3. The fourth-order valence-corrected chi connectivity index (χ4v) is 3.40. The molecule has 7 nitrogen and oxygen atoms in total. The second-order valence-electron chi connectivity index (χ2n) is 5.03. The second-order valence-corrected chi connectivity index (χ2v) is 6.80. The van der Waals surface area contributed by atoms with Gasteiger partial charge in [0.1, 0.15) is 0 Å². The molecule has 1 aliphatic heterocycles. The number of hydrogen-bond acceptors (Lipinski definition) is 5. The maximum absolute atomic E-state index is 12.3. The molecule has 0 saturated carbocycles. The molecule has 0 bridgehead atoms. The van der Waals surface area contributed by atoms with Crippen LogP contribution in [0.25, 0.3) is 0 Å². The van der Waals surface area contributed by atoms with Gasteiger partial charge < -0.3 is 15.2 Å². The molecular formula is C14H20N2O5S. The lowest BCUT2D eigenvalue weighted by Crippen LogP contribution is -2.32. The number of hydrogen-bond donors (Lipinski definition) is 3. The van der Waals surface area contributed by atoms with Crippen LogP contribution >= 0.6 is 0 Å². The second kappa shape index (κ2) is 7.08. The number of benzene rings is 1. The summed E-state index contributed by atoms with van der Waals surface area (Å²) in [5, 5.41) is 12.1. The summed E-state index contributed by atoms with van der Waals surface area (Å²) in [4.78, 5) is 11.2. The van der Waals surface area contributed by atoms with E-state index in [1.807, 2.05) is 6.92 Å². The largest absolute Gasteiger partial charge is 0.478 e. The van der Waals surface area contributed by atoms with Gasteiger partial charge in [-0.3, -0.25) is 0 Å². The summed E-state index contributed by atoms with van der Waals surface area (Å²) in [5.41, 5.74) is 0.329. The van der Waals surface area contributed by atoms with Crippen LogP contribution in [0.5, 0.6) is 0 Å². The summed E-state index contributed by atoms with van der Waals surface area (Å²) in [7, 11) is -3.76. The number of aromatic carboxylic acids is 1. The summed E-state index contributed by atoms with van der Waals surface area (Å²) < 4.78 is 32.3. The molecule has 122 valence electrons. The zero-order chi connectivity index (χ0) is 16.2. The number of ether oxygens (including phenoxy) is 1. The zero-order valence-corrected chi connectivity index (χ0v) is 13.1. The van der Waals surface area contributed by atoms with Crippen molar-refractivity contribution < 1.29 is 23.1 Å². The number of carboxylic acid groups (broad SMARTS) is 1. The molecule has 22 heavy (non-hydrogen) atoms. The topological polar surface area (TPSA) is 105 Å². The number of rotatable bonds is 7. The molecule has 0 amide bonds. The van der Waals surface area contributed by atoms with Gasteiger partial charge in [0.25, 0.3) is 0 Å². The minimum Gasteiger partial charge on any atom is -0.478 e. The highest BCUT2D eigenvalue weighted by atomic mass is 32.2. The van der Waals surface area contributed by atoms with E-state index in [1.165, 1.54) is 12.1 Å². The molecule has 1 aromatic carbocycles. The molecule has 0 aliphatic carbocycles. The predicted molar refractivity (Wildman–Crippen MR) is 81.7 cm³/mol. The summed E-state index contributed by atoms with van der Waals surface area (Å²) >= 11 is 0. The van der Waals surface area contributed by atoms with E-state index < -0.39 is 16.0 Å². The Morgan fingerprint density at radius 2 is 2.23 bits per heavy atom. The standard InChI is InChI=1S/C14H20N2O5S/c1-2-15-13-6-5-11(8-12(13)14(17)18)22(19,20)16-9-10-4-3-7-21-10/h5-6,8,10,15-16H,2-4,7,9H2,1H3,(H,17,18)/t10-/m1/s1. The summed E-state index contributed by atoms with van der Waals surface area (Å²) in [6, 6.07) is 4.02. The fraction of sp³-hybridized carbons (Fsp3) is 0.500. The average Bonchev–Trinajstić information content (AvgIpc) is 2.99. The number of nitrogens with one attached hydrogen (secondary N) is 2. The molecule has 1 fully saturated rings. The third-order valence-corrected chi connectivity index (χ3v) is 4.85. The maximum Gasteiger partial charge on any atom is 0.337 e. The van der Waals surface area contributed by atoms with E-state index in [2.05, 4.69) is 10.0 Å². The average molecular weight is 328 g/mol. The molecule has 1 heterocycles. The highest BCUT2D eigenvalue weighted by Crippen LogP contribution is 2.21. The van der Waals surface area contributed by atoms with Crippen molar-refractivity contribution >= 4 is 21.7 Å². The van der Waals surface area contributed by atoms with Gasteiger partial charge in [-0.05, 0) is 38.0 Å². The Hall–Kier alpha value is -1.64. The monoisotopic (exact) mass is 328 g/mol. The first kappa shape index (κ1) is 16.7. The smallest absolute Gasteiger partial charge is 0.337 e. The number of anilines is 1. The van der Waals surface area contributed by atoms with Crippen LogP contribution in [-0.2, 0) is 14.8 Å². The Morgan fingerprint density at radius 3 is 2.82 bits per heavy atom. The van der Waals surface area contributed by atoms with Gasteiger partial charge in [0.2, 0.25) is 10.0 Å². The van der Waals surface area contributed by atoms with Crippen molar-refractivity contribution in [3.05, 3.63) is 23.8 Å². The van der Waals surface area contributed by atoms with Crippen LogP contribution in [0.3, 0.4) is 0 Å². The van der Waals surface area contributed by atoms with Crippen molar-refractivity contribution in [2.75, 3.05) is 25.0 Å². The van der Waals surface area contributed by atoms with Crippen molar-refractivity contribution in [3.63, 3.8) is 0 Å². The Balaban J connectivity index is 2.18. The zero-order valence-electron chi connectivity index (χ0n) is 12.3. The number of carboxylic acids is 1. The molecule has 0 radical (unpaired) electrons. The molecule has 0 aromatic heterocycles. The van der Waals surface area contributed by atoms with Gasteiger partial charge in [0.05, 0.1) is 16.6 Å². The molecule has 1 aromatic rings. The summed E-state index contributed by atoms with van der Waals surface area (Å²) in [5.74, 6) is -1.17. The van der Waals surface area contributed by atoms with Crippen molar-refractivity contribution in [1.82, 2.24) is 4.72 Å². The lowest BCUT2D eigenvalue weighted by atomic mass is 10.2. The van der Waals surface area contributed by atoms with E-state index in [-0.39, 0.29) is 23.1 Å². The molecule has 2 rings (SSSR count). The molecule has 1 saturated heterocycles. The van der Waals surface area contributed by atoms with Crippen LogP contribution in [0.1, 0.15) is 30.1 Å². The van der Waals surface area contributed by atoms with Crippen molar-refractivity contribution in [2.24, 2.45) is 0 Å². The quantitative estimate of drug-likeness (QED) is 0.696. The van der Waals surface area contributed by atoms with Gasteiger partial charge in [0, 0.05) is 25.4 Å². The van der Waals surface area contributed by atoms with E-state index in [4.69, 9.17) is 4.74 Å². The molecule has 1 atom stereocenters. The van der Waals surface area contributed by atoms with E-state index in [9.17, 15) is 18.3 Å². The number of sulfonamides is 1. The van der Waals surface area contributed by atoms with Crippen molar-refractivity contribution in [1.29, 1.82) is 0 Å². The Bertz CT molecular complexity index is 639. The van der Waals surface area contributed by atoms with Crippen LogP contribution < -0.4 is 10.0 Å². The Kier molecular flexibility index (Phi) is 5.38. The van der Waals surface area contributed by atoms with E-state index >= 15 is 0 Å². The van der Waals surface area contributed by atoms with Gasteiger partial charge >= 0.3 is 5.97 Å². The SMILES string of the molecule is CCNc1ccc(S(=O)(=O)NC[C@H]2CCCO2)cc1C(=O)O. The van der Waals surface area contributed by atoms with Crippen molar-refractivity contribution in [2.45, 2.75) is 30.8 Å². The van der Waals surface area contributed by atoms with Gasteiger partial charge in [-0.2, -0.15) is 0 Å². The van der Waals surface area contributed by atoms with Crippen LogP contribution in [0.15, 0.2) is 23.1 Å². The van der Waals surface area contributed by atoms with Crippen molar-refractivity contribution in [3.8, 4) is 0 Å². The van der Waals surface area contributed by atoms with Crippen LogP contribution in [0, 0.1) is 0 Å². The third-order valence-electron chi connectivity index (χ3n) is 3.42. The normalized spacial score (nSPS) is 18.3. The first-order valence-electron chi connectivity index (χ1n) is 7.16. The minimum absolute atomic E-state index is 0.0652. The molecule has 1 aliphatic rings. The first-order chi connectivity index (χ1) is 10.4. The molecule has 0 spiro atoms. The summed E-state index contributed by atoms with van der Waals surface area (Å²) in [6.07, 6.45) is 1.63. The molecular weight excluding hydrogens is 308 g/mol. The van der Waals surface area contributed by atoms with Gasteiger partial charge in [0.15, 0.2) is 0 Å². The fourth-order valence-electron chi connectivity index (χ4n) is 2.30. The molecule has 8 heteroatoms. The molecule has 3 N–H and O–H groups in total. The van der Waals surface area contributed by atoms with Gasteiger partial charge in [-0.25, -0.2) is 17.9 Å². The molecule has 0 unspecified atom stereocenters. The lowest BCUT2D eigenvalue weighted by Gasteiger charge is -2.13. The van der Waals surface area contributed by atoms with Gasteiger partial charge in [-0.1, -0.05) is 0 Å². The van der Waals surface area contributed by atoms with E-state index in [0.29, 0.717) is 18.8 Å². The predicted octanol–water partition coefficient (Wildman–Crippen LogP) is 1.27.